The molecule has 0 amide bonds. The standard InChI is InChI=1S/C16H23ClN2S/c1-13(2)19-16(3,12-18)10-6-7-11-20-15-9-5-4-8-14(15)17/h4-5,8-9,13,19H,6-7,10-11H2,1-3H3. The summed E-state index contributed by atoms with van der Waals surface area (Å²) >= 11 is 7.90. The molecule has 1 atom stereocenters. The van der Waals surface area contributed by atoms with Gasteiger partial charge in [0.1, 0.15) is 5.54 Å². The number of benzene rings is 1. The van der Waals surface area contributed by atoms with Crippen molar-refractivity contribution in [1.82, 2.24) is 5.32 Å². The number of nitriles is 1. The van der Waals surface area contributed by atoms with Crippen molar-refractivity contribution in [3.63, 3.8) is 0 Å². The molecule has 1 N–H and O–H groups in total. The maximum Gasteiger partial charge on any atom is 0.104 e. The van der Waals surface area contributed by atoms with Crippen LogP contribution in [0.25, 0.3) is 0 Å². The molecule has 0 aliphatic rings. The van der Waals surface area contributed by atoms with E-state index >= 15 is 0 Å². The van der Waals surface area contributed by atoms with Gasteiger partial charge in [0.2, 0.25) is 0 Å². The molecule has 2 nitrogen and oxygen atoms in total. The summed E-state index contributed by atoms with van der Waals surface area (Å²) in [5, 5.41) is 13.4. The van der Waals surface area contributed by atoms with Crippen LogP contribution >= 0.6 is 23.4 Å². The summed E-state index contributed by atoms with van der Waals surface area (Å²) in [5.41, 5.74) is -0.413. The lowest BCUT2D eigenvalue weighted by Crippen LogP contribution is -2.44. The van der Waals surface area contributed by atoms with Crippen LogP contribution in [-0.4, -0.2) is 17.3 Å². The fourth-order valence-electron chi connectivity index (χ4n) is 2.12. The second-order valence-electron chi connectivity index (χ2n) is 5.48. The van der Waals surface area contributed by atoms with Gasteiger partial charge in [-0.1, -0.05) is 23.7 Å². The highest BCUT2D eigenvalue weighted by molar-refractivity contribution is 7.99. The Morgan fingerprint density at radius 1 is 1.35 bits per heavy atom. The van der Waals surface area contributed by atoms with Gasteiger partial charge in [-0.25, -0.2) is 0 Å². The van der Waals surface area contributed by atoms with Crippen LogP contribution in [-0.2, 0) is 0 Å². The number of hydrogen-bond donors (Lipinski definition) is 1. The number of thioether (sulfide) groups is 1. The number of unbranched alkanes of at least 4 members (excludes halogenated alkanes) is 1. The zero-order chi connectivity index (χ0) is 15.0. The van der Waals surface area contributed by atoms with Crippen LogP contribution in [0.4, 0.5) is 0 Å². The van der Waals surface area contributed by atoms with E-state index in [0.29, 0.717) is 6.04 Å². The third-order valence-electron chi connectivity index (χ3n) is 3.02. The van der Waals surface area contributed by atoms with E-state index in [0.717, 1.165) is 34.9 Å². The van der Waals surface area contributed by atoms with Crippen molar-refractivity contribution in [2.75, 3.05) is 5.75 Å². The molecule has 0 spiro atoms. The van der Waals surface area contributed by atoms with Crippen molar-refractivity contribution in [2.45, 2.75) is 56.5 Å². The summed E-state index contributed by atoms with van der Waals surface area (Å²) < 4.78 is 0. The number of hydrogen-bond acceptors (Lipinski definition) is 3. The van der Waals surface area contributed by atoms with Gasteiger partial charge < -0.3 is 0 Å². The molecule has 0 fully saturated rings. The monoisotopic (exact) mass is 310 g/mol. The molecule has 1 rings (SSSR count). The first-order chi connectivity index (χ1) is 9.47. The Balaban J connectivity index is 2.28. The zero-order valence-electron chi connectivity index (χ0n) is 12.4. The smallest absolute Gasteiger partial charge is 0.104 e. The van der Waals surface area contributed by atoms with Gasteiger partial charge in [-0.3, -0.25) is 5.32 Å². The highest BCUT2D eigenvalue weighted by atomic mass is 35.5. The summed E-state index contributed by atoms with van der Waals surface area (Å²) in [6.07, 6.45) is 3.01. The predicted octanol–water partition coefficient (Wildman–Crippen LogP) is 4.88. The van der Waals surface area contributed by atoms with Crippen molar-refractivity contribution in [2.24, 2.45) is 0 Å². The largest absolute Gasteiger partial charge is 0.297 e. The first kappa shape index (κ1) is 17.4. The van der Waals surface area contributed by atoms with Gasteiger partial charge in [0.15, 0.2) is 0 Å². The lowest BCUT2D eigenvalue weighted by molar-refractivity contribution is 0.372. The van der Waals surface area contributed by atoms with E-state index in [1.54, 1.807) is 11.8 Å². The Bertz CT molecular complexity index is 456. The summed E-state index contributed by atoms with van der Waals surface area (Å²) in [6.45, 7) is 6.12. The predicted molar refractivity (Wildman–Crippen MR) is 88.3 cm³/mol. The molecule has 0 saturated heterocycles. The minimum absolute atomic E-state index is 0.331. The molecule has 0 bridgehead atoms. The fraction of sp³-hybridized carbons (Fsp3) is 0.562. The molecule has 4 heteroatoms. The van der Waals surface area contributed by atoms with E-state index in [9.17, 15) is 5.26 Å². The number of rotatable bonds is 8. The average molecular weight is 311 g/mol. The molecule has 110 valence electrons. The Morgan fingerprint density at radius 2 is 2.05 bits per heavy atom. The SMILES string of the molecule is CC(C)NC(C)(C#N)CCCCSc1ccccc1Cl. The van der Waals surface area contributed by atoms with Gasteiger partial charge in [0.05, 0.1) is 11.1 Å². The normalized spacial score (nSPS) is 14.0. The van der Waals surface area contributed by atoms with Gasteiger partial charge in [0, 0.05) is 10.9 Å². The van der Waals surface area contributed by atoms with Gasteiger partial charge in [-0.15, -0.1) is 11.8 Å². The third-order valence-corrected chi connectivity index (χ3v) is 4.62. The first-order valence-electron chi connectivity index (χ1n) is 7.03. The van der Waals surface area contributed by atoms with Crippen LogP contribution in [0, 0.1) is 11.3 Å². The molecular weight excluding hydrogens is 288 g/mol. The Labute approximate surface area is 131 Å². The van der Waals surface area contributed by atoms with Crippen LogP contribution in [0.2, 0.25) is 5.02 Å². The molecule has 0 radical (unpaired) electrons. The lowest BCUT2D eigenvalue weighted by atomic mass is 9.96. The maximum atomic E-state index is 9.27. The number of nitrogens with zero attached hydrogens (tertiary/aromatic N) is 1. The van der Waals surface area contributed by atoms with Gasteiger partial charge in [-0.05, 0) is 57.9 Å². The van der Waals surface area contributed by atoms with E-state index in [4.69, 9.17) is 11.6 Å². The van der Waals surface area contributed by atoms with Crippen molar-refractivity contribution in [1.29, 1.82) is 5.26 Å². The molecule has 0 heterocycles. The first-order valence-corrected chi connectivity index (χ1v) is 8.39. The van der Waals surface area contributed by atoms with E-state index in [2.05, 4.69) is 25.2 Å². The number of halogens is 1. The van der Waals surface area contributed by atoms with Crippen molar-refractivity contribution in [3.8, 4) is 6.07 Å². The molecule has 1 aromatic rings. The molecule has 0 aromatic heterocycles. The van der Waals surface area contributed by atoms with Crippen LogP contribution in [0.1, 0.15) is 40.0 Å². The highest BCUT2D eigenvalue weighted by Crippen LogP contribution is 2.27. The van der Waals surface area contributed by atoms with Crippen molar-refractivity contribution >= 4 is 23.4 Å². The highest BCUT2D eigenvalue weighted by Gasteiger charge is 2.23. The molecule has 0 saturated carbocycles. The van der Waals surface area contributed by atoms with Crippen LogP contribution < -0.4 is 5.32 Å². The van der Waals surface area contributed by atoms with Crippen LogP contribution in [0.5, 0.6) is 0 Å². The summed E-state index contributed by atoms with van der Waals surface area (Å²) in [5.74, 6) is 1.03. The zero-order valence-corrected chi connectivity index (χ0v) is 14.0. The molecule has 0 aliphatic heterocycles. The second kappa shape index (κ2) is 8.56. The minimum Gasteiger partial charge on any atom is -0.297 e. The summed E-state index contributed by atoms with van der Waals surface area (Å²) in [4.78, 5) is 1.14. The van der Waals surface area contributed by atoms with Gasteiger partial charge >= 0.3 is 0 Å². The molecular formula is C16H23ClN2S. The molecule has 0 aliphatic carbocycles. The molecule has 1 aromatic carbocycles. The Morgan fingerprint density at radius 3 is 2.65 bits per heavy atom. The summed E-state index contributed by atoms with van der Waals surface area (Å²) in [6, 6.07) is 10.6. The number of nitrogens with one attached hydrogen (secondary N) is 1. The minimum atomic E-state index is -0.413. The molecule has 20 heavy (non-hydrogen) atoms. The Hall–Kier alpha value is -0.690. The van der Waals surface area contributed by atoms with E-state index in [1.165, 1.54) is 0 Å². The van der Waals surface area contributed by atoms with E-state index in [1.807, 2.05) is 31.2 Å². The summed E-state index contributed by atoms with van der Waals surface area (Å²) in [7, 11) is 0. The van der Waals surface area contributed by atoms with E-state index < -0.39 is 5.54 Å². The average Bonchev–Trinajstić information content (AvgIpc) is 2.39. The van der Waals surface area contributed by atoms with Gasteiger partial charge in [-0.2, -0.15) is 5.26 Å². The molecule has 1 unspecified atom stereocenters. The topological polar surface area (TPSA) is 35.8 Å². The van der Waals surface area contributed by atoms with Gasteiger partial charge in [0.25, 0.3) is 0 Å². The van der Waals surface area contributed by atoms with Crippen molar-refractivity contribution < 1.29 is 0 Å². The van der Waals surface area contributed by atoms with E-state index in [-0.39, 0.29) is 0 Å². The third kappa shape index (κ3) is 6.17. The fourth-order valence-corrected chi connectivity index (χ4v) is 3.37. The second-order valence-corrected chi connectivity index (χ2v) is 7.02. The van der Waals surface area contributed by atoms with Crippen LogP contribution in [0.15, 0.2) is 29.2 Å². The van der Waals surface area contributed by atoms with Crippen molar-refractivity contribution in [3.05, 3.63) is 29.3 Å². The lowest BCUT2D eigenvalue weighted by Gasteiger charge is -2.25. The maximum absolute atomic E-state index is 9.27. The quantitative estimate of drug-likeness (QED) is 0.549. The Kier molecular flexibility index (Phi) is 7.43. The van der Waals surface area contributed by atoms with Crippen LogP contribution in [0.3, 0.4) is 0 Å².